The van der Waals surface area contributed by atoms with Gasteiger partial charge in [-0.3, -0.25) is 13.9 Å². The molecule has 1 aliphatic rings. The van der Waals surface area contributed by atoms with Gasteiger partial charge >= 0.3 is 0 Å². The number of nitrogens with zero attached hydrogens (tertiary/aromatic N) is 2. The molecule has 1 fully saturated rings. The molecule has 38 heavy (non-hydrogen) atoms. The third-order valence-corrected chi connectivity index (χ3v) is 8.83. The van der Waals surface area contributed by atoms with E-state index in [0.717, 1.165) is 43.1 Å². The fourth-order valence-corrected chi connectivity index (χ4v) is 6.12. The number of benzene rings is 2. The maximum atomic E-state index is 13.6. The predicted octanol–water partition coefficient (Wildman–Crippen LogP) is 5.71. The molecule has 0 radical (unpaired) electrons. The summed E-state index contributed by atoms with van der Waals surface area (Å²) in [6.07, 6.45) is 6.07. The molecular weight excluding hydrogens is 545 g/mol. The van der Waals surface area contributed by atoms with Gasteiger partial charge in [0.15, 0.2) is 0 Å². The summed E-state index contributed by atoms with van der Waals surface area (Å²) in [6.45, 7) is 4.17. The normalized spacial score (nSPS) is 14.8. The Morgan fingerprint density at radius 1 is 1.05 bits per heavy atom. The van der Waals surface area contributed by atoms with E-state index in [-0.39, 0.29) is 37.4 Å². The smallest absolute Gasteiger partial charge is 0.243 e. The summed E-state index contributed by atoms with van der Waals surface area (Å²) in [7, 11) is -3.54. The van der Waals surface area contributed by atoms with Crippen LogP contribution in [0.15, 0.2) is 42.5 Å². The largest absolute Gasteiger partial charge is 0.352 e. The Balaban J connectivity index is 1.77. The molecule has 0 spiro atoms. The number of carbonyl (C=O) groups is 2. The fourth-order valence-electron chi connectivity index (χ4n) is 4.84. The first-order chi connectivity index (χ1) is 18.0. The Bertz CT molecular complexity index is 1220. The average molecular weight is 583 g/mol. The van der Waals surface area contributed by atoms with Crippen molar-refractivity contribution in [2.24, 2.45) is 0 Å². The molecule has 1 atom stereocenters. The highest BCUT2D eigenvalue weighted by Gasteiger charge is 2.31. The number of carbonyl (C=O) groups excluding carboxylic acids is 2. The van der Waals surface area contributed by atoms with E-state index in [2.05, 4.69) is 5.32 Å². The number of sulfonamides is 1. The van der Waals surface area contributed by atoms with Gasteiger partial charge in [-0.2, -0.15) is 0 Å². The van der Waals surface area contributed by atoms with Crippen molar-refractivity contribution in [3.63, 3.8) is 0 Å². The van der Waals surface area contributed by atoms with Crippen LogP contribution >= 0.6 is 23.2 Å². The van der Waals surface area contributed by atoms with Crippen molar-refractivity contribution in [3.05, 3.63) is 63.6 Å². The van der Waals surface area contributed by atoms with Crippen LogP contribution in [0.25, 0.3) is 0 Å². The van der Waals surface area contributed by atoms with Crippen LogP contribution in [0.5, 0.6) is 0 Å². The summed E-state index contributed by atoms with van der Waals surface area (Å²) < 4.78 is 26.3. The molecule has 0 heterocycles. The van der Waals surface area contributed by atoms with Gasteiger partial charge in [-0.15, -0.1) is 0 Å². The van der Waals surface area contributed by atoms with Gasteiger partial charge in [0, 0.05) is 25.6 Å². The van der Waals surface area contributed by atoms with E-state index in [4.69, 9.17) is 23.2 Å². The van der Waals surface area contributed by atoms with Crippen molar-refractivity contribution >= 4 is 50.7 Å². The van der Waals surface area contributed by atoms with Gasteiger partial charge in [-0.25, -0.2) is 8.42 Å². The Morgan fingerprint density at radius 3 is 2.29 bits per heavy atom. The molecule has 0 saturated heterocycles. The Hall–Kier alpha value is -2.29. The summed E-state index contributed by atoms with van der Waals surface area (Å²) in [5, 5.41) is 3.91. The minimum Gasteiger partial charge on any atom is -0.352 e. The van der Waals surface area contributed by atoms with Crippen LogP contribution in [-0.2, 0) is 26.2 Å². The minimum absolute atomic E-state index is 0.0897. The van der Waals surface area contributed by atoms with Gasteiger partial charge in [-0.05, 0) is 62.4 Å². The number of anilines is 1. The minimum atomic E-state index is -3.54. The van der Waals surface area contributed by atoms with Gasteiger partial charge in [0.25, 0.3) is 0 Å². The van der Waals surface area contributed by atoms with Crippen molar-refractivity contribution in [3.8, 4) is 0 Å². The molecule has 10 heteroatoms. The number of halogens is 2. The highest BCUT2D eigenvalue weighted by atomic mass is 35.5. The van der Waals surface area contributed by atoms with Gasteiger partial charge in [0.2, 0.25) is 21.8 Å². The number of aryl methyl sites for hydroxylation is 1. The third kappa shape index (κ3) is 8.35. The second-order valence-electron chi connectivity index (χ2n) is 9.96. The van der Waals surface area contributed by atoms with Crippen LogP contribution in [0.3, 0.4) is 0 Å². The van der Waals surface area contributed by atoms with Crippen molar-refractivity contribution in [1.82, 2.24) is 10.2 Å². The number of hydrogen-bond acceptors (Lipinski definition) is 4. The van der Waals surface area contributed by atoms with Crippen LogP contribution in [-0.4, -0.2) is 50.0 Å². The SMILES string of the molecule is CC[C@H](C(=O)NC1CCCC1)N(Cc1ccc(Cl)c(Cl)c1)C(=O)CCCN(c1ccc(C)cc1)S(C)(=O)=O. The number of rotatable bonds is 12. The van der Waals surface area contributed by atoms with Crippen LogP contribution in [0.2, 0.25) is 10.0 Å². The lowest BCUT2D eigenvalue weighted by Crippen LogP contribution is -2.51. The van der Waals surface area contributed by atoms with Crippen LogP contribution in [0.1, 0.15) is 63.0 Å². The summed E-state index contributed by atoms with van der Waals surface area (Å²) in [6, 6.07) is 11.9. The summed E-state index contributed by atoms with van der Waals surface area (Å²) >= 11 is 12.3. The zero-order valence-corrected chi connectivity index (χ0v) is 24.6. The summed E-state index contributed by atoms with van der Waals surface area (Å²) in [4.78, 5) is 28.4. The molecule has 0 unspecified atom stereocenters. The first kappa shape index (κ1) is 30.3. The van der Waals surface area contributed by atoms with Gasteiger partial charge < -0.3 is 10.2 Å². The van der Waals surface area contributed by atoms with Crippen molar-refractivity contribution in [1.29, 1.82) is 0 Å². The van der Waals surface area contributed by atoms with E-state index in [9.17, 15) is 18.0 Å². The Kier molecular flexibility index (Phi) is 10.9. The molecular formula is C28H37Cl2N3O4S. The molecule has 1 saturated carbocycles. The predicted molar refractivity (Wildman–Crippen MR) is 154 cm³/mol. The van der Waals surface area contributed by atoms with E-state index in [1.165, 1.54) is 4.31 Å². The number of hydrogen-bond donors (Lipinski definition) is 1. The lowest BCUT2D eigenvalue weighted by atomic mass is 10.1. The van der Waals surface area contributed by atoms with Crippen molar-refractivity contribution in [2.75, 3.05) is 17.1 Å². The Morgan fingerprint density at radius 2 is 1.71 bits per heavy atom. The van der Waals surface area contributed by atoms with Crippen LogP contribution < -0.4 is 9.62 Å². The standard InChI is InChI=1S/C28H37Cl2N3O4S/c1-4-26(28(35)31-22-8-5-6-9-22)32(19-21-13-16-24(29)25(30)18-21)27(34)10-7-17-33(38(3,36)37)23-14-11-20(2)12-15-23/h11-16,18,22,26H,4-10,17,19H2,1-3H3,(H,31,35)/t26-/m1/s1. The molecule has 2 aromatic rings. The molecule has 0 aromatic heterocycles. The molecule has 1 aliphatic carbocycles. The maximum Gasteiger partial charge on any atom is 0.243 e. The summed E-state index contributed by atoms with van der Waals surface area (Å²) in [5.74, 6) is -0.382. The molecule has 3 rings (SSSR count). The van der Waals surface area contributed by atoms with Gasteiger partial charge in [0.05, 0.1) is 22.0 Å². The molecule has 208 valence electrons. The topological polar surface area (TPSA) is 86.8 Å². The van der Waals surface area contributed by atoms with Crippen molar-refractivity contribution < 1.29 is 18.0 Å². The van der Waals surface area contributed by atoms with E-state index in [1.54, 1.807) is 35.2 Å². The molecule has 0 aliphatic heterocycles. The van der Waals surface area contributed by atoms with E-state index < -0.39 is 16.1 Å². The van der Waals surface area contributed by atoms with Crippen LogP contribution in [0, 0.1) is 6.92 Å². The second kappa shape index (κ2) is 13.7. The zero-order chi connectivity index (χ0) is 27.9. The summed E-state index contributed by atoms with van der Waals surface area (Å²) in [5.41, 5.74) is 2.34. The highest BCUT2D eigenvalue weighted by molar-refractivity contribution is 7.92. The van der Waals surface area contributed by atoms with E-state index in [1.807, 2.05) is 26.0 Å². The van der Waals surface area contributed by atoms with Crippen molar-refractivity contribution in [2.45, 2.75) is 77.4 Å². The Labute approximate surface area is 236 Å². The zero-order valence-electron chi connectivity index (χ0n) is 22.3. The highest BCUT2D eigenvalue weighted by Crippen LogP contribution is 2.25. The van der Waals surface area contributed by atoms with Gasteiger partial charge in [-0.1, -0.05) is 66.7 Å². The van der Waals surface area contributed by atoms with E-state index in [0.29, 0.717) is 28.6 Å². The first-order valence-corrected chi connectivity index (χ1v) is 15.7. The maximum absolute atomic E-state index is 13.6. The monoisotopic (exact) mass is 581 g/mol. The van der Waals surface area contributed by atoms with Crippen LogP contribution in [0.4, 0.5) is 5.69 Å². The number of amides is 2. The first-order valence-electron chi connectivity index (χ1n) is 13.1. The molecule has 2 aromatic carbocycles. The fraction of sp³-hybridized carbons (Fsp3) is 0.500. The molecule has 0 bridgehead atoms. The molecule has 1 N–H and O–H groups in total. The van der Waals surface area contributed by atoms with E-state index >= 15 is 0 Å². The molecule has 2 amide bonds. The lowest BCUT2D eigenvalue weighted by molar-refractivity contribution is -0.141. The quantitative estimate of drug-likeness (QED) is 0.347. The molecule has 7 nitrogen and oxygen atoms in total. The number of nitrogens with one attached hydrogen (secondary N) is 1. The van der Waals surface area contributed by atoms with Gasteiger partial charge in [0.1, 0.15) is 6.04 Å². The average Bonchev–Trinajstić information content (AvgIpc) is 3.37. The second-order valence-corrected chi connectivity index (χ2v) is 12.7. The lowest BCUT2D eigenvalue weighted by Gasteiger charge is -2.32. The third-order valence-electron chi connectivity index (χ3n) is 6.90.